The van der Waals surface area contributed by atoms with E-state index < -0.39 is 30.9 Å². The monoisotopic (exact) mass is 695 g/mol. The van der Waals surface area contributed by atoms with Crippen LogP contribution in [-0.4, -0.2) is 71.0 Å². The molecule has 0 unspecified atom stereocenters. The van der Waals surface area contributed by atoms with Gasteiger partial charge in [0, 0.05) is 42.8 Å². The molecule has 0 spiro atoms. The van der Waals surface area contributed by atoms with E-state index in [0.29, 0.717) is 18.1 Å². The van der Waals surface area contributed by atoms with Crippen LogP contribution in [-0.2, 0) is 14.3 Å². The van der Waals surface area contributed by atoms with Crippen molar-refractivity contribution < 1.29 is 27.8 Å². The maximum absolute atomic E-state index is 13.7. The quantitative estimate of drug-likeness (QED) is 0.173. The van der Waals surface area contributed by atoms with Crippen LogP contribution in [0.5, 0.6) is 0 Å². The second kappa shape index (κ2) is 14.8. The van der Waals surface area contributed by atoms with E-state index in [-0.39, 0.29) is 24.8 Å². The average Bonchev–Trinajstić information content (AvgIpc) is 3.96. The predicted molar refractivity (Wildman–Crippen MR) is 193 cm³/mol. The minimum Gasteiger partial charge on any atom is -0.453 e. The Kier molecular flexibility index (Phi) is 9.99. The van der Waals surface area contributed by atoms with Crippen molar-refractivity contribution >= 4 is 34.1 Å². The number of carbonyl (C=O) groups is 2. The van der Waals surface area contributed by atoms with Gasteiger partial charge in [-0.05, 0) is 63.9 Å². The molecular weight excluding hydrogens is 652 g/mol. The normalized spacial score (nSPS) is 19.9. The highest BCUT2D eigenvalue weighted by atomic mass is 19.3. The number of alkyl halides is 2. The Labute approximate surface area is 296 Å². The summed E-state index contributed by atoms with van der Waals surface area (Å²) in [6, 6.07) is 19.8. The first kappa shape index (κ1) is 34.5. The van der Waals surface area contributed by atoms with Crippen molar-refractivity contribution in [3.8, 4) is 22.4 Å². The number of fused-ring (bicyclic) bond motifs is 1. The summed E-state index contributed by atoms with van der Waals surface area (Å²) < 4.78 is 36.0. The maximum atomic E-state index is 13.7. The number of allylic oxidation sites excluding steroid dienone is 1. The molecule has 2 fully saturated rings. The Morgan fingerprint density at radius 2 is 1.61 bits per heavy atom. The van der Waals surface area contributed by atoms with Gasteiger partial charge in [0.1, 0.15) is 11.9 Å². The van der Waals surface area contributed by atoms with Gasteiger partial charge in [0.2, 0.25) is 5.91 Å². The number of carbonyl (C=O) groups excluding carboxylic acids is 2. The van der Waals surface area contributed by atoms with Crippen LogP contribution in [0.15, 0.2) is 78.1 Å². The number of ether oxygens (including phenoxy) is 2. The van der Waals surface area contributed by atoms with Gasteiger partial charge >= 0.3 is 12.7 Å². The summed E-state index contributed by atoms with van der Waals surface area (Å²) in [7, 11) is 1.22. The van der Waals surface area contributed by atoms with Gasteiger partial charge < -0.3 is 24.7 Å². The number of alkyl carbamates (subject to hydrolysis) is 1. The van der Waals surface area contributed by atoms with Gasteiger partial charge in [-0.3, -0.25) is 9.79 Å². The highest BCUT2D eigenvalue weighted by Crippen LogP contribution is 2.36. The number of methoxy groups -OCH3 is 1. The molecule has 0 bridgehead atoms. The number of H-pyrrole nitrogens is 1. The van der Waals surface area contributed by atoms with Gasteiger partial charge in [0.15, 0.2) is 0 Å². The number of aliphatic imine (C=N–C) groups is 1. The van der Waals surface area contributed by atoms with Gasteiger partial charge in [-0.2, -0.15) is 8.78 Å². The van der Waals surface area contributed by atoms with E-state index >= 15 is 0 Å². The van der Waals surface area contributed by atoms with E-state index in [1.807, 2.05) is 6.20 Å². The van der Waals surface area contributed by atoms with E-state index in [1.165, 1.54) is 37.7 Å². The fourth-order valence-corrected chi connectivity index (χ4v) is 7.67. The van der Waals surface area contributed by atoms with Gasteiger partial charge in [-0.15, -0.1) is 0 Å². The second-order valence-corrected chi connectivity index (χ2v) is 14.1. The lowest BCUT2D eigenvalue weighted by Gasteiger charge is -2.30. The fraction of sp³-hybridized carbons (Fsp3) is 0.400. The molecule has 1 aromatic heterocycles. The molecule has 0 radical (unpaired) electrons. The number of aromatic amines is 1. The molecule has 3 heterocycles. The lowest BCUT2D eigenvalue weighted by molar-refractivity contribution is -0.160. The number of hydrogen-bond donors (Lipinski definition) is 2. The lowest BCUT2D eigenvalue weighted by atomic mass is 9.95. The van der Waals surface area contributed by atoms with Crippen LogP contribution in [0, 0.1) is 5.92 Å². The standard InChI is InChI=1S/C40H43F2N5O4/c1-23(2)36(46-40(49)50-3)38(48)47-22-32(51-39(41)42)19-35(47)33-18-31(20-43-33)25-10-8-24(9-11-25)27-12-13-29-17-30(15-14-28(29)16-27)34-21-44-37(45-34)26-6-4-5-7-26/h8-17,20-21,23,26,32,35-36,39H,4-7,18-19,22H2,1-3H3,(H,44,45)(H,46,49)/t32-,35-,36-/m0/s1. The van der Waals surface area contributed by atoms with Crippen molar-refractivity contribution in [1.82, 2.24) is 20.2 Å². The van der Waals surface area contributed by atoms with Crippen LogP contribution < -0.4 is 5.32 Å². The molecular formula is C40H43F2N5O4. The molecule has 1 saturated carbocycles. The minimum atomic E-state index is -2.96. The molecule has 2 aliphatic heterocycles. The average molecular weight is 696 g/mol. The third-order valence-electron chi connectivity index (χ3n) is 10.5. The highest BCUT2D eigenvalue weighted by Gasteiger charge is 2.43. The number of rotatable bonds is 10. The number of benzene rings is 3. The van der Waals surface area contributed by atoms with Crippen LogP contribution in [0.3, 0.4) is 0 Å². The zero-order chi connectivity index (χ0) is 35.6. The molecule has 3 atom stereocenters. The van der Waals surface area contributed by atoms with Crippen molar-refractivity contribution in [3.63, 3.8) is 0 Å². The first-order chi connectivity index (χ1) is 24.7. The van der Waals surface area contributed by atoms with E-state index in [0.717, 1.165) is 50.1 Å². The summed E-state index contributed by atoms with van der Waals surface area (Å²) in [6.07, 6.45) is 7.76. The number of nitrogens with one attached hydrogen (secondary N) is 2. The fourth-order valence-electron chi connectivity index (χ4n) is 7.67. The number of hydrogen-bond acceptors (Lipinski definition) is 6. The number of aromatic nitrogens is 2. The smallest absolute Gasteiger partial charge is 0.407 e. The zero-order valence-electron chi connectivity index (χ0n) is 29.1. The lowest BCUT2D eigenvalue weighted by Crippen LogP contribution is -2.53. The van der Waals surface area contributed by atoms with Crippen LogP contribution in [0.4, 0.5) is 13.6 Å². The summed E-state index contributed by atoms with van der Waals surface area (Å²) in [5, 5.41) is 4.90. The number of amides is 2. The van der Waals surface area contributed by atoms with Crippen LogP contribution >= 0.6 is 0 Å². The first-order valence-electron chi connectivity index (χ1n) is 17.7. The largest absolute Gasteiger partial charge is 0.453 e. The third kappa shape index (κ3) is 7.44. The molecule has 3 aromatic carbocycles. The molecule has 2 amide bonds. The van der Waals surface area contributed by atoms with Crippen molar-refractivity contribution in [2.45, 2.75) is 83.1 Å². The van der Waals surface area contributed by atoms with Gasteiger partial charge in [-0.1, -0.05) is 75.2 Å². The molecule has 7 rings (SSSR count). The van der Waals surface area contributed by atoms with Crippen LogP contribution in [0.2, 0.25) is 0 Å². The Hall–Kier alpha value is -4.90. The topological polar surface area (TPSA) is 109 Å². The number of imidazole rings is 1. The molecule has 266 valence electrons. The third-order valence-corrected chi connectivity index (χ3v) is 10.5. The molecule has 2 N–H and O–H groups in total. The Balaban J connectivity index is 1.03. The van der Waals surface area contributed by atoms with E-state index in [1.54, 1.807) is 20.0 Å². The minimum absolute atomic E-state index is 0.0272. The van der Waals surface area contributed by atoms with Gasteiger partial charge in [-0.25, -0.2) is 9.78 Å². The number of nitrogens with zero attached hydrogens (tertiary/aromatic N) is 3. The summed E-state index contributed by atoms with van der Waals surface area (Å²) in [4.78, 5) is 40.1. The molecule has 11 heteroatoms. The molecule has 4 aromatic rings. The SMILES string of the molecule is COC(=O)N[C@H](C(=O)N1C[C@@H](OC(F)F)C[C@H]1C1=NC=C(c2ccc(-c3ccc4cc(-c5cnc(C6CCCC6)[nH]5)ccc4c3)cc2)C1)C(C)C. The predicted octanol–water partition coefficient (Wildman–Crippen LogP) is 8.33. The Morgan fingerprint density at radius 3 is 2.29 bits per heavy atom. The number of halogens is 2. The van der Waals surface area contributed by atoms with Gasteiger partial charge in [0.05, 0.1) is 31.1 Å². The molecule has 1 saturated heterocycles. The first-order valence-corrected chi connectivity index (χ1v) is 17.7. The maximum Gasteiger partial charge on any atom is 0.407 e. The number of likely N-dealkylation sites (tertiary alicyclic amines) is 1. The zero-order valence-corrected chi connectivity index (χ0v) is 29.1. The summed E-state index contributed by atoms with van der Waals surface area (Å²) in [6.45, 7) is 0.610. The van der Waals surface area contributed by atoms with E-state index in [4.69, 9.17) is 9.47 Å². The van der Waals surface area contributed by atoms with Crippen LogP contribution in [0.25, 0.3) is 38.7 Å². The second-order valence-electron chi connectivity index (χ2n) is 14.1. The molecule has 9 nitrogen and oxygen atoms in total. The van der Waals surface area contributed by atoms with E-state index in [9.17, 15) is 18.4 Å². The molecule has 51 heavy (non-hydrogen) atoms. The van der Waals surface area contributed by atoms with Crippen molar-refractivity contribution in [2.24, 2.45) is 10.9 Å². The van der Waals surface area contributed by atoms with Gasteiger partial charge in [0.25, 0.3) is 0 Å². The van der Waals surface area contributed by atoms with E-state index in [2.05, 4.69) is 80.9 Å². The highest BCUT2D eigenvalue weighted by molar-refractivity contribution is 6.04. The Bertz CT molecular complexity index is 1960. The summed E-state index contributed by atoms with van der Waals surface area (Å²) in [5.74, 6) is 1.00. The summed E-state index contributed by atoms with van der Waals surface area (Å²) >= 11 is 0. The van der Waals surface area contributed by atoms with Crippen molar-refractivity contribution in [1.29, 1.82) is 0 Å². The van der Waals surface area contributed by atoms with Crippen molar-refractivity contribution in [3.05, 3.63) is 84.4 Å². The summed E-state index contributed by atoms with van der Waals surface area (Å²) in [5.41, 5.74) is 7.02. The molecule has 1 aliphatic carbocycles. The van der Waals surface area contributed by atoms with Crippen molar-refractivity contribution in [2.75, 3.05) is 13.7 Å². The van der Waals surface area contributed by atoms with Crippen LogP contribution in [0.1, 0.15) is 69.7 Å². The Morgan fingerprint density at radius 1 is 0.941 bits per heavy atom. The molecule has 3 aliphatic rings.